The van der Waals surface area contributed by atoms with Gasteiger partial charge in [0, 0.05) is 12.8 Å². The fraction of sp³-hybridized carbons (Fsp3) is 0.905. The molecule has 0 bridgehead atoms. The summed E-state index contributed by atoms with van der Waals surface area (Å²) in [4.78, 5) is 25.2. The molecule has 0 aromatic rings. The second kappa shape index (κ2) is 34.0. The van der Waals surface area contributed by atoms with Gasteiger partial charge in [-0.2, -0.15) is 0 Å². The Morgan fingerprint density at radius 3 is 1.54 bits per heavy atom. The number of aliphatic hydroxyl groups is 4. The van der Waals surface area contributed by atoms with Crippen LogP contribution in [0.1, 0.15) is 187 Å². The summed E-state index contributed by atoms with van der Waals surface area (Å²) >= 11 is 0. The summed E-state index contributed by atoms with van der Waals surface area (Å²) in [5.74, 6) is -0.810. The summed E-state index contributed by atoms with van der Waals surface area (Å²) in [6.07, 6.45) is 26.5. The molecule has 0 radical (unpaired) electrons. The van der Waals surface area contributed by atoms with E-state index in [9.17, 15) is 30.0 Å². The molecule has 10 heteroatoms. The van der Waals surface area contributed by atoms with Crippen LogP contribution in [0.2, 0.25) is 0 Å². The van der Waals surface area contributed by atoms with E-state index in [1.807, 2.05) is 0 Å². The number of carbonyl (C=O) groups is 2. The first-order valence-electron chi connectivity index (χ1n) is 21.3. The topological polar surface area (TPSA) is 152 Å². The fourth-order valence-corrected chi connectivity index (χ4v) is 6.48. The Labute approximate surface area is 316 Å². The highest BCUT2D eigenvalue weighted by molar-refractivity contribution is 5.70. The third kappa shape index (κ3) is 25.5. The highest BCUT2D eigenvalue weighted by atomic mass is 16.7. The maximum Gasteiger partial charge on any atom is 0.306 e. The molecule has 52 heavy (non-hydrogen) atoms. The van der Waals surface area contributed by atoms with Gasteiger partial charge in [0.15, 0.2) is 12.4 Å². The van der Waals surface area contributed by atoms with E-state index in [0.29, 0.717) is 6.42 Å². The maximum atomic E-state index is 12.7. The second-order valence-electron chi connectivity index (χ2n) is 14.8. The highest BCUT2D eigenvalue weighted by Crippen LogP contribution is 2.22. The predicted octanol–water partition coefficient (Wildman–Crippen LogP) is 8.39. The van der Waals surface area contributed by atoms with Crippen LogP contribution >= 0.6 is 0 Å². The zero-order valence-electron chi connectivity index (χ0n) is 33.1. The number of rotatable bonds is 35. The van der Waals surface area contributed by atoms with Gasteiger partial charge >= 0.3 is 11.9 Å². The molecule has 6 atom stereocenters. The molecule has 1 aliphatic heterocycles. The van der Waals surface area contributed by atoms with Crippen molar-refractivity contribution in [3.63, 3.8) is 0 Å². The van der Waals surface area contributed by atoms with E-state index in [-0.39, 0.29) is 32.0 Å². The van der Waals surface area contributed by atoms with Crippen LogP contribution in [0.3, 0.4) is 0 Å². The number of unbranched alkanes of at least 4 members (excludes halogenated alkanes) is 22. The summed E-state index contributed by atoms with van der Waals surface area (Å²) < 4.78 is 22.1. The number of hydrogen-bond acceptors (Lipinski definition) is 10. The monoisotopic (exact) mass is 743 g/mol. The van der Waals surface area contributed by atoms with E-state index in [1.165, 1.54) is 96.3 Å². The molecule has 306 valence electrons. The molecule has 0 saturated carbocycles. The number of allylic oxidation sites excluding steroid dienone is 2. The fourth-order valence-electron chi connectivity index (χ4n) is 6.48. The van der Waals surface area contributed by atoms with Crippen molar-refractivity contribution in [3.05, 3.63) is 12.2 Å². The Morgan fingerprint density at radius 2 is 1.02 bits per heavy atom. The minimum Gasteiger partial charge on any atom is -0.462 e. The summed E-state index contributed by atoms with van der Waals surface area (Å²) in [6.45, 7) is 3.39. The Bertz CT molecular complexity index is 866. The van der Waals surface area contributed by atoms with Crippen LogP contribution in [-0.4, -0.2) is 89.0 Å². The van der Waals surface area contributed by atoms with Crippen LogP contribution in [0.5, 0.6) is 0 Å². The minimum absolute atomic E-state index is 0.216. The number of ether oxygens (including phenoxy) is 4. The van der Waals surface area contributed by atoms with Gasteiger partial charge in [0.05, 0.1) is 13.2 Å². The van der Waals surface area contributed by atoms with Gasteiger partial charge < -0.3 is 39.4 Å². The molecule has 0 aromatic carbocycles. The van der Waals surface area contributed by atoms with Gasteiger partial charge in [-0.1, -0.05) is 148 Å². The van der Waals surface area contributed by atoms with E-state index in [2.05, 4.69) is 26.0 Å². The highest BCUT2D eigenvalue weighted by Gasteiger charge is 2.44. The van der Waals surface area contributed by atoms with E-state index in [1.54, 1.807) is 0 Å². The summed E-state index contributed by atoms with van der Waals surface area (Å²) in [6, 6.07) is 0. The Morgan fingerprint density at radius 1 is 0.577 bits per heavy atom. The van der Waals surface area contributed by atoms with Crippen LogP contribution in [0.15, 0.2) is 12.2 Å². The average molecular weight is 743 g/mol. The third-order valence-electron chi connectivity index (χ3n) is 9.90. The summed E-state index contributed by atoms with van der Waals surface area (Å²) in [7, 11) is 0. The maximum absolute atomic E-state index is 12.7. The molecule has 2 unspecified atom stereocenters. The number of hydrogen-bond donors (Lipinski definition) is 4. The van der Waals surface area contributed by atoms with Crippen molar-refractivity contribution >= 4 is 11.9 Å². The lowest BCUT2D eigenvalue weighted by molar-refractivity contribution is -0.305. The molecule has 10 nitrogen and oxygen atoms in total. The summed E-state index contributed by atoms with van der Waals surface area (Å²) in [5, 5.41) is 40.0. The third-order valence-corrected chi connectivity index (χ3v) is 9.90. The van der Waals surface area contributed by atoms with Crippen molar-refractivity contribution in [1.29, 1.82) is 0 Å². The van der Waals surface area contributed by atoms with Gasteiger partial charge in [-0.3, -0.25) is 9.59 Å². The molecule has 1 rings (SSSR count). The lowest BCUT2D eigenvalue weighted by Crippen LogP contribution is -2.59. The Balaban J connectivity index is 2.34. The lowest BCUT2D eigenvalue weighted by Gasteiger charge is -2.39. The quantitative estimate of drug-likeness (QED) is 0.0283. The molecule has 1 saturated heterocycles. The zero-order chi connectivity index (χ0) is 38.1. The largest absolute Gasteiger partial charge is 0.462 e. The number of aliphatic hydroxyl groups excluding tert-OH is 4. The van der Waals surface area contributed by atoms with Gasteiger partial charge in [0.2, 0.25) is 0 Å². The molecule has 0 aromatic heterocycles. The van der Waals surface area contributed by atoms with E-state index in [4.69, 9.17) is 18.9 Å². The lowest BCUT2D eigenvalue weighted by atomic mass is 9.99. The van der Waals surface area contributed by atoms with Gasteiger partial charge in [0.1, 0.15) is 31.0 Å². The molecule has 1 heterocycles. The van der Waals surface area contributed by atoms with Crippen LogP contribution in [0.4, 0.5) is 0 Å². The molecular weight excluding hydrogens is 664 g/mol. The standard InChI is InChI=1S/C42H78O10/c1-3-5-7-9-11-13-15-17-18-19-21-22-24-26-28-30-37(44)49-33-35(34-50-42-41(48)40(47)39(46)36(32-43)52-42)51-38(45)31-29-27-25-23-20-16-14-12-10-8-6-4-2/h12,14,35-36,39-43,46-48H,3-11,13,15-34H2,1-2H3/b14-12+/t35-,36-,39+,40?,41?,42-/m0/s1. The SMILES string of the molecule is CCCCC/C=C/CCCCCCCC(=O)O[C@@H](COC(=O)CCCCCCCCCCCCCCCCC)CO[C@H]1O[C@@H](CO)[C@@H](O)C(O)C1O. The van der Waals surface area contributed by atoms with Crippen molar-refractivity contribution in [2.24, 2.45) is 0 Å². The van der Waals surface area contributed by atoms with E-state index >= 15 is 0 Å². The Kier molecular flexibility index (Phi) is 31.7. The van der Waals surface area contributed by atoms with Crippen molar-refractivity contribution in [1.82, 2.24) is 0 Å². The Hall–Kier alpha value is -1.56. The normalized spacial score (nSPS) is 21.1. The first-order chi connectivity index (χ1) is 25.3. The van der Waals surface area contributed by atoms with Crippen LogP contribution in [0.25, 0.3) is 0 Å². The summed E-state index contributed by atoms with van der Waals surface area (Å²) in [5.41, 5.74) is 0. The smallest absolute Gasteiger partial charge is 0.306 e. The number of carbonyl (C=O) groups excluding carboxylic acids is 2. The molecule has 4 N–H and O–H groups in total. The van der Waals surface area contributed by atoms with Crippen molar-refractivity contribution in [2.45, 2.75) is 224 Å². The molecule has 0 amide bonds. The minimum atomic E-state index is -1.59. The van der Waals surface area contributed by atoms with Crippen LogP contribution in [-0.2, 0) is 28.5 Å². The van der Waals surface area contributed by atoms with Gasteiger partial charge in [-0.15, -0.1) is 0 Å². The number of esters is 2. The van der Waals surface area contributed by atoms with Gasteiger partial charge in [-0.05, 0) is 38.5 Å². The molecule has 0 aliphatic carbocycles. The van der Waals surface area contributed by atoms with Crippen molar-refractivity contribution < 1.29 is 49.0 Å². The van der Waals surface area contributed by atoms with Crippen LogP contribution in [0, 0.1) is 0 Å². The first kappa shape index (κ1) is 48.5. The van der Waals surface area contributed by atoms with Gasteiger partial charge in [0.25, 0.3) is 0 Å². The van der Waals surface area contributed by atoms with E-state index in [0.717, 1.165) is 57.8 Å². The molecule has 1 fully saturated rings. The van der Waals surface area contributed by atoms with Crippen molar-refractivity contribution in [3.8, 4) is 0 Å². The zero-order valence-corrected chi connectivity index (χ0v) is 33.1. The van der Waals surface area contributed by atoms with Gasteiger partial charge in [-0.25, -0.2) is 0 Å². The predicted molar refractivity (Wildman–Crippen MR) is 206 cm³/mol. The molecular formula is C42H78O10. The van der Waals surface area contributed by atoms with Crippen molar-refractivity contribution in [2.75, 3.05) is 19.8 Å². The van der Waals surface area contributed by atoms with Crippen LogP contribution < -0.4 is 0 Å². The second-order valence-corrected chi connectivity index (χ2v) is 14.8. The average Bonchev–Trinajstić information content (AvgIpc) is 3.14. The van der Waals surface area contributed by atoms with E-state index < -0.39 is 49.4 Å². The molecule has 0 spiro atoms. The molecule has 1 aliphatic rings. The first-order valence-corrected chi connectivity index (χ1v) is 21.3.